The maximum Gasteiger partial charge on any atom is 0.126 e. The zero-order valence-corrected chi connectivity index (χ0v) is 8.43. The Balaban J connectivity index is 2.42. The van der Waals surface area contributed by atoms with E-state index in [9.17, 15) is 4.39 Å². The number of halogens is 1. The fourth-order valence-corrected chi connectivity index (χ4v) is 1.84. The van der Waals surface area contributed by atoms with Gasteiger partial charge in [-0.25, -0.2) is 4.39 Å². The highest BCUT2D eigenvalue weighted by atomic mass is 19.1. The third-order valence-electron chi connectivity index (χ3n) is 2.91. The van der Waals surface area contributed by atoms with E-state index in [1.807, 2.05) is 7.05 Å². The summed E-state index contributed by atoms with van der Waals surface area (Å²) < 4.78 is 18.1. The first-order chi connectivity index (χ1) is 6.72. The Bertz CT molecular complexity index is 347. The van der Waals surface area contributed by atoms with Crippen LogP contribution in [0.2, 0.25) is 0 Å². The zero-order valence-electron chi connectivity index (χ0n) is 8.43. The Morgan fingerprint density at radius 1 is 1.43 bits per heavy atom. The maximum absolute atomic E-state index is 12.9. The van der Waals surface area contributed by atoms with Crippen LogP contribution in [0.15, 0.2) is 18.2 Å². The van der Waals surface area contributed by atoms with Gasteiger partial charge in [0.05, 0.1) is 7.11 Å². The molecule has 2 rings (SSSR count). The van der Waals surface area contributed by atoms with E-state index in [1.54, 1.807) is 13.2 Å². The second-order valence-electron chi connectivity index (χ2n) is 3.68. The molecule has 1 N–H and O–H groups in total. The summed E-state index contributed by atoms with van der Waals surface area (Å²) in [7, 11) is 3.50. The summed E-state index contributed by atoms with van der Waals surface area (Å²) in [4.78, 5) is 0. The van der Waals surface area contributed by atoms with Crippen molar-refractivity contribution in [3.05, 3.63) is 29.6 Å². The summed E-state index contributed by atoms with van der Waals surface area (Å²) >= 11 is 0. The molecule has 0 atom stereocenters. The van der Waals surface area contributed by atoms with Crippen molar-refractivity contribution in [2.75, 3.05) is 14.2 Å². The van der Waals surface area contributed by atoms with E-state index >= 15 is 0 Å². The second kappa shape index (κ2) is 3.24. The van der Waals surface area contributed by atoms with Crippen molar-refractivity contribution in [1.29, 1.82) is 0 Å². The first kappa shape index (κ1) is 9.46. The van der Waals surface area contributed by atoms with Crippen LogP contribution in [0.25, 0.3) is 0 Å². The van der Waals surface area contributed by atoms with E-state index in [-0.39, 0.29) is 11.4 Å². The topological polar surface area (TPSA) is 21.3 Å². The van der Waals surface area contributed by atoms with Gasteiger partial charge in [0.25, 0.3) is 0 Å². The van der Waals surface area contributed by atoms with Gasteiger partial charge in [-0.2, -0.15) is 0 Å². The van der Waals surface area contributed by atoms with E-state index in [1.165, 1.54) is 12.1 Å². The van der Waals surface area contributed by atoms with Gasteiger partial charge in [-0.1, -0.05) is 6.07 Å². The molecule has 1 aliphatic rings. The van der Waals surface area contributed by atoms with Crippen LogP contribution in [-0.4, -0.2) is 14.2 Å². The van der Waals surface area contributed by atoms with Crippen LogP contribution in [0.1, 0.15) is 18.4 Å². The molecule has 2 nitrogen and oxygen atoms in total. The average molecular weight is 195 g/mol. The smallest absolute Gasteiger partial charge is 0.126 e. The normalized spacial score (nSPS) is 17.9. The van der Waals surface area contributed by atoms with Gasteiger partial charge in [0, 0.05) is 17.2 Å². The third-order valence-corrected chi connectivity index (χ3v) is 2.91. The lowest BCUT2D eigenvalue weighted by molar-refractivity contribution is 0.395. The first-order valence-corrected chi connectivity index (χ1v) is 4.75. The predicted octanol–water partition coefficient (Wildman–Crippen LogP) is 2.04. The van der Waals surface area contributed by atoms with Crippen LogP contribution in [0, 0.1) is 5.82 Å². The molecule has 0 amide bonds. The first-order valence-electron chi connectivity index (χ1n) is 4.75. The summed E-state index contributed by atoms with van der Waals surface area (Å²) in [6.07, 6.45) is 2.18. The van der Waals surface area contributed by atoms with Gasteiger partial charge in [-0.05, 0) is 26.0 Å². The Hall–Kier alpha value is -1.09. The van der Waals surface area contributed by atoms with Gasteiger partial charge >= 0.3 is 0 Å². The SMILES string of the molecule is CNC1(c2ccc(F)cc2OC)CC1. The lowest BCUT2D eigenvalue weighted by Gasteiger charge is -2.17. The fourth-order valence-electron chi connectivity index (χ4n) is 1.84. The average Bonchev–Trinajstić information content (AvgIpc) is 2.98. The van der Waals surface area contributed by atoms with Crippen molar-refractivity contribution in [2.45, 2.75) is 18.4 Å². The van der Waals surface area contributed by atoms with Gasteiger partial charge in [0.15, 0.2) is 0 Å². The molecule has 1 aliphatic carbocycles. The van der Waals surface area contributed by atoms with Crippen LogP contribution in [0.3, 0.4) is 0 Å². The maximum atomic E-state index is 12.9. The Morgan fingerprint density at radius 2 is 2.14 bits per heavy atom. The Kier molecular flexibility index (Phi) is 2.19. The highest BCUT2D eigenvalue weighted by Gasteiger charge is 2.44. The number of methoxy groups -OCH3 is 1. The highest BCUT2D eigenvalue weighted by molar-refractivity contribution is 5.42. The van der Waals surface area contributed by atoms with Crippen LogP contribution in [-0.2, 0) is 5.54 Å². The van der Waals surface area contributed by atoms with Crippen molar-refractivity contribution in [2.24, 2.45) is 0 Å². The van der Waals surface area contributed by atoms with Crippen LogP contribution >= 0.6 is 0 Å². The largest absolute Gasteiger partial charge is 0.496 e. The van der Waals surface area contributed by atoms with Crippen molar-refractivity contribution < 1.29 is 9.13 Å². The Morgan fingerprint density at radius 3 is 2.64 bits per heavy atom. The Labute approximate surface area is 83.1 Å². The molecule has 0 radical (unpaired) electrons. The molecular formula is C11H14FNO. The summed E-state index contributed by atoms with van der Waals surface area (Å²) in [5.41, 5.74) is 1.09. The number of hydrogen-bond acceptors (Lipinski definition) is 2. The zero-order chi connectivity index (χ0) is 10.2. The molecule has 0 saturated heterocycles. The standard InChI is InChI=1S/C11H14FNO/c1-13-11(5-6-11)9-4-3-8(12)7-10(9)14-2/h3-4,7,13H,5-6H2,1-2H3. The van der Waals surface area contributed by atoms with Crippen LogP contribution < -0.4 is 10.1 Å². The second-order valence-corrected chi connectivity index (χ2v) is 3.68. The van der Waals surface area contributed by atoms with Gasteiger partial charge < -0.3 is 10.1 Å². The van der Waals surface area contributed by atoms with Crippen LogP contribution in [0.5, 0.6) is 5.75 Å². The van der Waals surface area contributed by atoms with E-state index in [0.717, 1.165) is 18.4 Å². The summed E-state index contributed by atoms with van der Waals surface area (Å²) in [5.74, 6) is 0.384. The molecular weight excluding hydrogens is 181 g/mol. The number of nitrogens with one attached hydrogen (secondary N) is 1. The predicted molar refractivity (Wildman–Crippen MR) is 52.9 cm³/mol. The number of rotatable bonds is 3. The molecule has 76 valence electrons. The van der Waals surface area contributed by atoms with E-state index in [4.69, 9.17) is 4.74 Å². The van der Waals surface area contributed by atoms with Gasteiger partial charge in [-0.15, -0.1) is 0 Å². The lowest BCUT2D eigenvalue weighted by Crippen LogP contribution is -2.25. The summed E-state index contributed by atoms with van der Waals surface area (Å²) in [6.45, 7) is 0. The number of benzene rings is 1. The minimum atomic E-state index is -0.252. The van der Waals surface area contributed by atoms with E-state index in [2.05, 4.69) is 5.32 Å². The quantitative estimate of drug-likeness (QED) is 0.797. The summed E-state index contributed by atoms with van der Waals surface area (Å²) in [6, 6.07) is 4.72. The number of ether oxygens (including phenoxy) is 1. The molecule has 0 spiro atoms. The van der Waals surface area contributed by atoms with Gasteiger partial charge in [0.2, 0.25) is 0 Å². The minimum absolute atomic E-state index is 0.0268. The molecule has 0 aliphatic heterocycles. The molecule has 1 aromatic carbocycles. The molecule has 1 aromatic rings. The molecule has 0 aromatic heterocycles. The van der Waals surface area contributed by atoms with E-state index in [0.29, 0.717) is 5.75 Å². The van der Waals surface area contributed by atoms with Crippen molar-refractivity contribution in [1.82, 2.24) is 5.32 Å². The van der Waals surface area contributed by atoms with E-state index < -0.39 is 0 Å². The molecule has 0 unspecified atom stereocenters. The monoisotopic (exact) mass is 195 g/mol. The molecule has 1 fully saturated rings. The summed E-state index contributed by atoms with van der Waals surface area (Å²) in [5, 5.41) is 3.26. The van der Waals surface area contributed by atoms with Gasteiger partial charge in [-0.3, -0.25) is 0 Å². The van der Waals surface area contributed by atoms with Gasteiger partial charge in [0.1, 0.15) is 11.6 Å². The highest BCUT2D eigenvalue weighted by Crippen LogP contribution is 2.48. The van der Waals surface area contributed by atoms with Crippen molar-refractivity contribution in [3.8, 4) is 5.75 Å². The molecule has 0 bridgehead atoms. The van der Waals surface area contributed by atoms with Crippen molar-refractivity contribution >= 4 is 0 Å². The van der Waals surface area contributed by atoms with Crippen LogP contribution in [0.4, 0.5) is 4.39 Å². The minimum Gasteiger partial charge on any atom is -0.496 e. The van der Waals surface area contributed by atoms with Crippen molar-refractivity contribution in [3.63, 3.8) is 0 Å². The molecule has 1 saturated carbocycles. The molecule has 14 heavy (non-hydrogen) atoms. The fraction of sp³-hybridized carbons (Fsp3) is 0.455. The number of hydrogen-bond donors (Lipinski definition) is 1. The molecule has 3 heteroatoms. The molecule has 0 heterocycles. The lowest BCUT2D eigenvalue weighted by atomic mass is 10.0. The third kappa shape index (κ3) is 1.38.